The zero-order valence-corrected chi connectivity index (χ0v) is 17.7. The van der Waals surface area contributed by atoms with Gasteiger partial charge in [0.25, 0.3) is 5.56 Å². The maximum Gasteiger partial charge on any atom is 0.405 e. The van der Waals surface area contributed by atoms with Gasteiger partial charge in [-0.1, -0.05) is 18.2 Å². The summed E-state index contributed by atoms with van der Waals surface area (Å²) in [7, 11) is 0. The Morgan fingerprint density at radius 2 is 2.00 bits per heavy atom. The number of nitrogens with two attached hydrogens (primary N) is 1. The predicted octanol–water partition coefficient (Wildman–Crippen LogP) is 1.90. The number of carbonyl (C=O) groups excluding carboxylic acids is 2. The first-order valence-electron chi connectivity index (χ1n) is 9.63. The molecule has 3 aromatic rings. The predicted molar refractivity (Wildman–Crippen MR) is 121 cm³/mol. The lowest BCUT2D eigenvalue weighted by Crippen LogP contribution is -2.44. The summed E-state index contributed by atoms with van der Waals surface area (Å²) < 4.78 is 2.43. The SMILES string of the molecule is NC(=O)/C=C/CC[C@H](NC(=O)O)C(=O)Nc1cccn(Cc2nc3ccccc3s2)c1=O. The molecular weight excluding hydrogens is 434 g/mol. The van der Waals surface area contributed by atoms with E-state index in [-0.39, 0.29) is 25.1 Å². The monoisotopic (exact) mass is 455 g/mol. The fourth-order valence-corrected chi connectivity index (χ4v) is 3.96. The van der Waals surface area contributed by atoms with Crippen molar-refractivity contribution in [2.24, 2.45) is 5.73 Å². The third kappa shape index (κ3) is 6.01. The molecule has 2 heterocycles. The lowest BCUT2D eigenvalue weighted by Gasteiger charge is -2.16. The number of aromatic nitrogens is 2. The molecule has 5 N–H and O–H groups in total. The van der Waals surface area contributed by atoms with Crippen LogP contribution in [0.5, 0.6) is 0 Å². The van der Waals surface area contributed by atoms with Crippen molar-refractivity contribution in [2.75, 3.05) is 5.32 Å². The minimum Gasteiger partial charge on any atom is -0.465 e. The van der Waals surface area contributed by atoms with Crippen LogP contribution in [0.1, 0.15) is 17.8 Å². The molecule has 0 spiro atoms. The zero-order valence-electron chi connectivity index (χ0n) is 16.9. The molecule has 0 unspecified atom stereocenters. The zero-order chi connectivity index (χ0) is 23.1. The summed E-state index contributed by atoms with van der Waals surface area (Å²) in [6, 6.07) is 9.58. The number of anilines is 1. The van der Waals surface area contributed by atoms with E-state index in [2.05, 4.69) is 15.6 Å². The first-order chi connectivity index (χ1) is 15.3. The maximum absolute atomic E-state index is 12.8. The van der Waals surface area contributed by atoms with E-state index in [4.69, 9.17) is 10.8 Å². The fraction of sp³-hybridized carbons (Fsp3) is 0.190. The van der Waals surface area contributed by atoms with Crippen LogP contribution in [0, 0.1) is 0 Å². The van der Waals surface area contributed by atoms with Crippen molar-refractivity contribution in [2.45, 2.75) is 25.4 Å². The number of thiazole rings is 1. The summed E-state index contributed by atoms with van der Waals surface area (Å²) in [6.07, 6.45) is 3.09. The average molecular weight is 455 g/mol. The van der Waals surface area contributed by atoms with Gasteiger partial charge in [0.2, 0.25) is 11.8 Å². The van der Waals surface area contributed by atoms with Crippen molar-refractivity contribution >= 4 is 45.1 Å². The normalized spacial score (nSPS) is 12.0. The third-order valence-electron chi connectivity index (χ3n) is 4.44. The molecule has 0 radical (unpaired) electrons. The van der Waals surface area contributed by atoms with E-state index in [0.717, 1.165) is 21.3 Å². The molecule has 3 amide bonds. The Hall–Kier alpha value is -3.99. The van der Waals surface area contributed by atoms with Crippen LogP contribution in [0.25, 0.3) is 10.2 Å². The molecule has 0 aliphatic heterocycles. The van der Waals surface area contributed by atoms with Crippen LogP contribution >= 0.6 is 11.3 Å². The van der Waals surface area contributed by atoms with Gasteiger partial charge in [-0.05, 0) is 43.2 Å². The summed E-state index contributed by atoms with van der Waals surface area (Å²) >= 11 is 1.47. The Morgan fingerprint density at radius 3 is 2.72 bits per heavy atom. The summed E-state index contributed by atoms with van der Waals surface area (Å²) in [4.78, 5) is 51.8. The maximum atomic E-state index is 12.8. The molecular formula is C21H21N5O5S. The smallest absolute Gasteiger partial charge is 0.405 e. The molecule has 3 rings (SSSR count). The molecule has 1 aromatic carbocycles. The summed E-state index contributed by atoms with van der Waals surface area (Å²) in [5, 5.41) is 14.4. The van der Waals surface area contributed by atoms with Crippen LogP contribution in [-0.2, 0) is 16.1 Å². The van der Waals surface area contributed by atoms with Gasteiger partial charge in [0, 0.05) is 6.20 Å². The van der Waals surface area contributed by atoms with Crippen molar-refractivity contribution in [1.82, 2.24) is 14.9 Å². The molecule has 0 fully saturated rings. The van der Waals surface area contributed by atoms with Gasteiger partial charge < -0.3 is 26.0 Å². The van der Waals surface area contributed by atoms with E-state index in [0.29, 0.717) is 0 Å². The quantitative estimate of drug-likeness (QED) is 0.361. The van der Waals surface area contributed by atoms with Gasteiger partial charge >= 0.3 is 6.09 Å². The van der Waals surface area contributed by atoms with Gasteiger partial charge in [-0.2, -0.15) is 0 Å². The van der Waals surface area contributed by atoms with Crippen LogP contribution in [0.3, 0.4) is 0 Å². The highest BCUT2D eigenvalue weighted by molar-refractivity contribution is 7.18. The van der Waals surface area contributed by atoms with Gasteiger partial charge in [-0.25, -0.2) is 9.78 Å². The van der Waals surface area contributed by atoms with Gasteiger partial charge in [0.15, 0.2) is 0 Å². The number of hydrogen-bond donors (Lipinski definition) is 4. The number of fused-ring (bicyclic) bond motifs is 1. The lowest BCUT2D eigenvalue weighted by molar-refractivity contribution is -0.118. The molecule has 0 saturated heterocycles. The number of carbonyl (C=O) groups is 3. The number of para-hydroxylation sites is 1. The molecule has 0 aliphatic rings. The van der Waals surface area contributed by atoms with E-state index in [1.807, 2.05) is 24.3 Å². The van der Waals surface area contributed by atoms with Crippen molar-refractivity contribution in [1.29, 1.82) is 0 Å². The first-order valence-corrected chi connectivity index (χ1v) is 10.5. The van der Waals surface area contributed by atoms with E-state index < -0.39 is 29.5 Å². The highest BCUT2D eigenvalue weighted by atomic mass is 32.1. The molecule has 0 saturated carbocycles. The summed E-state index contributed by atoms with van der Waals surface area (Å²) in [6.45, 7) is 0.233. The second kappa shape index (κ2) is 10.4. The second-order valence-corrected chi connectivity index (χ2v) is 7.92. The van der Waals surface area contributed by atoms with Crippen LogP contribution < -0.4 is 21.9 Å². The molecule has 2 aromatic heterocycles. The van der Waals surface area contributed by atoms with Crippen molar-refractivity contribution in [3.8, 4) is 0 Å². The minimum absolute atomic E-state index is 0.0171. The number of rotatable bonds is 9. The second-order valence-electron chi connectivity index (χ2n) is 6.80. The Morgan fingerprint density at radius 1 is 1.22 bits per heavy atom. The van der Waals surface area contributed by atoms with Crippen molar-refractivity contribution in [3.05, 3.63) is 70.1 Å². The number of primary amides is 1. The average Bonchev–Trinajstić information content (AvgIpc) is 3.15. The highest BCUT2D eigenvalue weighted by Gasteiger charge is 2.21. The van der Waals surface area contributed by atoms with E-state index in [1.54, 1.807) is 12.3 Å². The number of allylic oxidation sites excluding steroid dienone is 1. The van der Waals surface area contributed by atoms with Crippen molar-refractivity contribution in [3.63, 3.8) is 0 Å². The fourth-order valence-electron chi connectivity index (χ4n) is 2.99. The van der Waals surface area contributed by atoms with Gasteiger partial charge in [-0.3, -0.25) is 14.4 Å². The Bertz CT molecular complexity index is 1200. The molecule has 0 aliphatic carbocycles. The molecule has 1 atom stereocenters. The minimum atomic E-state index is -1.38. The van der Waals surface area contributed by atoms with Crippen LogP contribution in [0.2, 0.25) is 0 Å². The number of nitrogens with one attached hydrogen (secondary N) is 2. The third-order valence-corrected chi connectivity index (χ3v) is 5.46. The number of hydrogen-bond acceptors (Lipinski definition) is 6. The van der Waals surface area contributed by atoms with Gasteiger partial charge in [-0.15, -0.1) is 11.3 Å². The topological polar surface area (TPSA) is 156 Å². The van der Waals surface area contributed by atoms with Crippen LogP contribution in [0.4, 0.5) is 10.5 Å². The van der Waals surface area contributed by atoms with E-state index >= 15 is 0 Å². The summed E-state index contributed by atoms with van der Waals surface area (Å²) in [5.74, 6) is -1.33. The number of benzene rings is 1. The number of pyridine rings is 1. The van der Waals surface area contributed by atoms with Gasteiger partial charge in [0.05, 0.1) is 16.8 Å². The van der Waals surface area contributed by atoms with Gasteiger partial charge in [0.1, 0.15) is 16.7 Å². The van der Waals surface area contributed by atoms with Crippen LogP contribution in [0.15, 0.2) is 59.5 Å². The van der Waals surface area contributed by atoms with Crippen molar-refractivity contribution < 1.29 is 19.5 Å². The Balaban J connectivity index is 1.73. The lowest BCUT2D eigenvalue weighted by atomic mass is 10.1. The molecule has 166 valence electrons. The number of carboxylic acid groups (broad SMARTS) is 1. The molecule has 0 bridgehead atoms. The molecule has 32 heavy (non-hydrogen) atoms. The highest BCUT2D eigenvalue weighted by Crippen LogP contribution is 2.22. The number of nitrogens with zero attached hydrogens (tertiary/aromatic N) is 2. The van der Waals surface area contributed by atoms with E-state index in [1.165, 1.54) is 28.0 Å². The Kier molecular flexibility index (Phi) is 7.34. The first kappa shape index (κ1) is 22.7. The van der Waals surface area contributed by atoms with E-state index in [9.17, 15) is 19.2 Å². The van der Waals surface area contributed by atoms with Crippen LogP contribution in [-0.4, -0.2) is 38.6 Å². The Labute approximate surface area is 186 Å². The number of amides is 3. The largest absolute Gasteiger partial charge is 0.465 e. The summed E-state index contributed by atoms with van der Waals surface area (Å²) in [5.41, 5.74) is 5.42. The molecule has 10 nitrogen and oxygen atoms in total. The standard InChI is InChI=1S/C21H21N5O5S/c22-17(27)10-4-2-7-14(25-21(30)31)19(28)24-15-8-5-11-26(20(15)29)12-18-23-13-6-1-3-9-16(13)32-18/h1,3-6,8-11,14,25H,2,7,12H2,(H2,22,27)(H,24,28)(H,30,31)/b10-4+/t14-/m0/s1. The molecule has 11 heteroatoms.